The number of benzene rings is 2. The number of nitriles is 1. The van der Waals surface area contributed by atoms with Crippen LogP contribution in [0.25, 0.3) is 22.6 Å². The van der Waals surface area contributed by atoms with Gasteiger partial charge in [0.1, 0.15) is 17.8 Å². The van der Waals surface area contributed by atoms with Gasteiger partial charge in [-0.2, -0.15) is 5.26 Å². The van der Waals surface area contributed by atoms with Crippen molar-refractivity contribution in [2.75, 3.05) is 0 Å². The molecule has 0 aliphatic carbocycles. The molecular formula is C27H24BN3O5. The fourth-order valence-corrected chi connectivity index (χ4v) is 3.83. The Morgan fingerprint density at radius 1 is 1.19 bits per heavy atom. The molecule has 2 heterocycles. The van der Waals surface area contributed by atoms with Crippen molar-refractivity contribution in [3.05, 3.63) is 102 Å². The normalized spacial score (nSPS) is 13.0. The number of nitrogens with zero attached hydrogens (tertiary/aromatic N) is 2. The number of furan rings is 1. The number of pyridine rings is 1. The fourth-order valence-electron chi connectivity index (χ4n) is 3.83. The number of carbonyl (C=O) groups is 1. The Morgan fingerprint density at radius 2 is 2.00 bits per heavy atom. The SMILES string of the molecule is CC(OC(=O)NC(Cc1coc2ccccc12)B(O)O)c1cccc(C=C(C#N)c2ccccn2)c1. The first kappa shape index (κ1) is 24.7. The third kappa shape index (κ3) is 5.99. The summed E-state index contributed by atoms with van der Waals surface area (Å²) in [5.41, 5.74) is 3.84. The molecule has 3 N–H and O–H groups in total. The van der Waals surface area contributed by atoms with E-state index in [1.165, 1.54) is 6.26 Å². The molecule has 2 aromatic heterocycles. The van der Waals surface area contributed by atoms with Crippen LogP contribution in [0.3, 0.4) is 0 Å². The number of rotatable bonds is 8. The first-order chi connectivity index (χ1) is 17.4. The molecule has 2 atom stereocenters. The van der Waals surface area contributed by atoms with Crippen molar-refractivity contribution < 1.29 is 24.0 Å². The number of amides is 1. The highest BCUT2D eigenvalue weighted by molar-refractivity contribution is 6.43. The highest BCUT2D eigenvalue weighted by Crippen LogP contribution is 2.23. The molecule has 0 saturated heterocycles. The molecule has 2 aromatic carbocycles. The average molecular weight is 481 g/mol. The van der Waals surface area contributed by atoms with Crippen molar-refractivity contribution in [3.8, 4) is 6.07 Å². The molecule has 9 heteroatoms. The molecule has 1 amide bonds. The minimum atomic E-state index is -1.80. The van der Waals surface area contributed by atoms with Crippen LogP contribution >= 0.6 is 0 Å². The lowest BCUT2D eigenvalue weighted by Gasteiger charge is -2.20. The van der Waals surface area contributed by atoms with Crippen molar-refractivity contribution >= 4 is 35.8 Å². The smallest absolute Gasteiger partial charge is 0.464 e. The van der Waals surface area contributed by atoms with Gasteiger partial charge in [0.05, 0.1) is 23.5 Å². The van der Waals surface area contributed by atoms with E-state index in [1.54, 1.807) is 43.5 Å². The van der Waals surface area contributed by atoms with Gasteiger partial charge in [-0.15, -0.1) is 0 Å². The van der Waals surface area contributed by atoms with Gasteiger partial charge in [-0.1, -0.05) is 42.5 Å². The maximum atomic E-state index is 12.6. The first-order valence-electron chi connectivity index (χ1n) is 11.4. The summed E-state index contributed by atoms with van der Waals surface area (Å²) in [5, 5.41) is 32.6. The number of para-hydroxylation sites is 1. The number of alkyl carbamates (subject to hydrolysis) is 1. The van der Waals surface area contributed by atoms with Crippen molar-refractivity contribution in [3.63, 3.8) is 0 Å². The summed E-state index contributed by atoms with van der Waals surface area (Å²) in [4.78, 5) is 16.8. The largest absolute Gasteiger partial charge is 0.475 e. The number of nitrogens with one attached hydrogen (secondary N) is 1. The van der Waals surface area contributed by atoms with Gasteiger partial charge in [0.25, 0.3) is 0 Å². The minimum Gasteiger partial charge on any atom is -0.464 e. The van der Waals surface area contributed by atoms with Crippen LogP contribution in [0.4, 0.5) is 4.79 Å². The van der Waals surface area contributed by atoms with Crippen LogP contribution in [0.1, 0.15) is 35.4 Å². The van der Waals surface area contributed by atoms with Crippen LogP contribution in [0, 0.1) is 11.3 Å². The lowest BCUT2D eigenvalue weighted by molar-refractivity contribution is 0.105. The lowest BCUT2D eigenvalue weighted by atomic mass is 9.76. The molecule has 4 rings (SSSR count). The zero-order valence-corrected chi connectivity index (χ0v) is 19.5. The summed E-state index contributed by atoms with van der Waals surface area (Å²) < 4.78 is 11.0. The number of carbonyl (C=O) groups excluding carboxylic acids is 1. The molecule has 4 aromatic rings. The second-order valence-electron chi connectivity index (χ2n) is 8.23. The molecule has 8 nitrogen and oxygen atoms in total. The molecule has 0 radical (unpaired) electrons. The molecule has 180 valence electrons. The Morgan fingerprint density at radius 3 is 2.75 bits per heavy atom. The van der Waals surface area contributed by atoms with Crippen LogP contribution < -0.4 is 5.32 Å². The Labute approximate surface area is 208 Å². The topological polar surface area (TPSA) is 129 Å². The molecule has 0 spiro atoms. The van der Waals surface area contributed by atoms with Crippen molar-refractivity contribution in [2.45, 2.75) is 25.4 Å². The highest BCUT2D eigenvalue weighted by atomic mass is 16.6. The van der Waals surface area contributed by atoms with E-state index in [1.807, 2.05) is 42.5 Å². The molecule has 0 saturated carbocycles. The fraction of sp³-hybridized carbons (Fsp3) is 0.148. The Bertz CT molecular complexity index is 1410. The van der Waals surface area contributed by atoms with Gasteiger partial charge in [-0.3, -0.25) is 4.98 Å². The van der Waals surface area contributed by atoms with E-state index in [0.29, 0.717) is 22.4 Å². The Kier molecular flexibility index (Phi) is 7.80. The number of hydrogen-bond donors (Lipinski definition) is 3. The molecule has 0 fully saturated rings. The number of hydrogen-bond acceptors (Lipinski definition) is 7. The number of fused-ring (bicyclic) bond motifs is 1. The van der Waals surface area contributed by atoms with Gasteiger partial charge >= 0.3 is 13.2 Å². The summed E-state index contributed by atoms with van der Waals surface area (Å²) in [5.74, 6) is -1.00. The average Bonchev–Trinajstić information content (AvgIpc) is 3.30. The quantitative estimate of drug-likeness (QED) is 0.253. The highest BCUT2D eigenvalue weighted by Gasteiger charge is 2.28. The predicted octanol–water partition coefficient (Wildman–Crippen LogP) is 4.30. The number of ether oxygens (including phenoxy) is 1. The molecule has 0 aliphatic rings. The molecule has 0 aliphatic heterocycles. The van der Waals surface area contributed by atoms with E-state index in [9.17, 15) is 20.1 Å². The third-order valence-electron chi connectivity index (χ3n) is 5.70. The molecular weight excluding hydrogens is 457 g/mol. The van der Waals surface area contributed by atoms with Gasteiger partial charge in [0, 0.05) is 11.6 Å². The second kappa shape index (κ2) is 11.4. The maximum absolute atomic E-state index is 12.6. The second-order valence-corrected chi connectivity index (χ2v) is 8.23. The van der Waals surface area contributed by atoms with E-state index in [2.05, 4.69) is 16.4 Å². The summed E-state index contributed by atoms with van der Waals surface area (Å²) in [6.45, 7) is 1.71. The van der Waals surface area contributed by atoms with Crippen LogP contribution in [-0.2, 0) is 11.2 Å². The number of allylic oxidation sites excluding steroid dienone is 1. The van der Waals surface area contributed by atoms with E-state index < -0.39 is 25.3 Å². The van der Waals surface area contributed by atoms with Crippen LogP contribution in [-0.4, -0.2) is 34.2 Å². The van der Waals surface area contributed by atoms with E-state index >= 15 is 0 Å². The minimum absolute atomic E-state index is 0.142. The van der Waals surface area contributed by atoms with Crippen molar-refractivity contribution in [2.24, 2.45) is 0 Å². The van der Waals surface area contributed by atoms with Gasteiger partial charge in [-0.25, -0.2) is 4.79 Å². The zero-order valence-electron chi connectivity index (χ0n) is 19.5. The molecule has 0 bridgehead atoms. The van der Waals surface area contributed by atoms with Gasteiger partial charge in [-0.05, 0) is 60.4 Å². The van der Waals surface area contributed by atoms with Crippen LogP contribution in [0.15, 0.2) is 83.6 Å². The standard InChI is InChI=1S/C27H24BN3O5/c1-18(20-8-6-7-19(13-20)14-21(16-29)24-10-4-5-12-30-24)36-27(32)31-26(28(33)34)15-22-17-35-25-11-3-2-9-23(22)25/h2-14,17-18,26,33-34H,15H2,1H3,(H,31,32). The molecule has 2 unspecified atom stereocenters. The van der Waals surface area contributed by atoms with Gasteiger partial charge in [0.15, 0.2) is 0 Å². The van der Waals surface area contributed by atoms with E-state index in [4.69, 9.17) is 9.15 Å². The summed E-state index contributed by atoms with van der Waals surface area (Å²) >= 11 is 0. The van der Waals surface area contributed by atoms with Crippen molar-refractivity contribution in [1.82, 2.24) is 10.3 Å². The summed E-state index contributed by atoms with van der Waals surface area (Å²) in [6, 6.07) is 22.1. The van der Waals surface area contributed by atoms with Gasteiger partial charge < -0.3 is 24.5 Å². The third-order valence-corrected chi connectivity index (χ3v) is 5.70. The Hall–Kier alpha value is -4.39. The van der Waals surface area contributed by atoms with Crippen molar-refractivity contribution in [1.29, 1.82) is 5.26 Å². The zero-order chi connectivity index (χ0) is 25.5. The summed E-state index contributed by atoms with van der Waals surface area (Å²) in [6.07, 6.45) is 3.59. The number of aromatic nitrogens is 1. The Balaban J connectivity index is 1.43. The predicted molar refractivity (Wildman–Crippen MR) is 136 cm³/mol. The van der Waals surface area contributed by atoms with Crippen LogP contribution in [0.5, 0.6) is 0 Å². The van der Waals surface area contributed by atoms with Crippen LogP contribution in [0.2, 0.25) is 0 Å². The molecule has 36 heavy (non-hydrogen) atoms. The summed E-state index contributed by atoms with van der Waals surface area (Å²) in [7, 11) is -1.80. The van der Waals surface area contributed by atoms with Gasteiger partial charge in [0.2, 0.25) is 0 Å². The monoisotopic (exact) mass is 481 g/mol. The van der Waals surface area contributed by atoms with E-state index in [0.717, 1.165) is 16.5 Å². The lowest BCUT2D eigenvalue weighted by Crippen LogP contribution is -2.48. The van der Waals surface area contributed by atoms with E-state index in [-0.39, 0.29) is 6.42 Å². The first-order valence-corrected chi connectivity index (χ1v) is 11.4. The maximum Gasteiger partial charge on any atom is 0.475 e.